The summed E-state index contributed by atoms with van der Waals surface area (Å²) in [5.74, 6) is 0.117. The van der Waals surface area contributed by atoms with Crippen molar-refractivity contribution in [2.45, 2.75) is 6.54 Å². The Hall–Kier alpha value is -2.90. The van der Waals surface area contributed by atoms with Gasteiger partial charge in [-0.2, -0.15) is 9.37 Å². The molecular weight excluding hydrogens is 277 g/mol. The van der Waals surface area contributed by atoms with Crippen molar-refractivity contribution in [2.24, 2.45) is 0 Å². The van der Waals surface area contributed by atoms with Crippen LogP contribution >= 0.6 is 0 Å². The molecule has 1 aromatic carbocycles. The molecule has 0 fully saturated rings. The number of benzene rings is 1. The number of H-pyrrole nitrogens is 1. The minimum absolute atomic E-state index is 0.179. The van der Waals surface area contributed by atoms with Crippen LogP contribution in [0, 0.1) is 6.08 Å². The number of hydrogen-bond donors (Lipinski definition) is 3. The summed E-state index contributed by atoms with van der Waals surface area (Å²) in [6.07, 6.45) is 0.588. The average Bonchev–Trinajstić information content (AvgIpc) is 2.82. The molecule has 0 spiro atoms. The molecule has 0 saturated heterocycles. The van der Waals surface area contributed by atoms with Gasteiger partial charge in [0.2, 0.25) is 0 Å². The summed E-state index contributed by atoms with van der Waals surface area (Å²) in [7, 11) is 1.77. The summed E-state index contributed by atoms with van der Waals surface area (Å²) < 4.78 is 13.2. The van der Waals surface area contributed by atoms with Crippen LogP contribution in [0.5, 0.6) is 11.5 Å². The Labute approximate surface area is 118 Å². The lowest BCUT2D eigenvalue weighted by atomic mass is 10.2. The topological polar surface area (TPSA) is 98.2 Å². The zero-order valence-electron chi connectivity index (χ0n) is 11.1. The quantitative estimate of drug-likeness (QED) is 0.500. The van der Waals surface area contributed by atoms with E-state index < -0.39 is 6.08 Å². The molecule has 0 aliphatic heterocycles. The van der Waals surface area contributed by atoms with Gasteiger partial charge in [-0.1, -0.05) is 6.07 Å². The van der Waals surface area contributed by atoms with E-state index in [4.69, 9.17) is 0 Å². The molecule has 2 aromatic heterocycles. The van der Waals surface area contributed by atoms with Gasteiger partial charge in [0, 0.05) is 13.6 Å². The molecule has 21 heavy (non-hydrogen) atoms. The van der Waals surface area contributed by atoms with Crippen LogP contribution in [-0.4, -0.2) is 37.2 Å². The highest BCUT2D eigenvalue weighted by Crippen LogP contribution is 2.27. The first-order chi connectivity index (χ1) is 10.0. The normalized spacial score (nSPS) is 11.0. The Morgan fingerprint density at radius 2 is 2.05 bits per heavy atom. The first-order valence-electron chi connectivity index (χ1n) is 6.13. The van der Waals surface area contributed by atoms with Crippen molar-refractivity contribution in [1.82, 2.24) is 19.9 Å². The summed E-state index contributed by atoms with van der Waals surface area (Å²) in [4.78, 5) is 15.9. The molecule has 8 heteroatoms. The molecule has 3 aromatic rings. The monoisotopic (exact) mass is 289 g/mol. The number of nitrogens with zero attached hydrogens (tertiary/aromatic N) is 4. The van der Waals surface area contributed by atoms with Crippen molar-refractivity contribution in [3.63, 3.8) is 0 Å². The number of phenolic OH excluding ortho intramolecular Hbond substituents is 2. The van der Waals surface area contributed by atoms with Crippen LogP contribution in [0.2, 0.25) is 0 Å². The summed E-state index contributed by atoms with van der Waals surface area (Å²) in [6, 6.07) is 4.54. The van der Waals surface area contributed by atoms with Gasteiger partial charge in [0.1, 0.15) is 11.8 Å². The van der Waals surface area contributed by atoms with Crippen molar-refractivity contribution >= 4 is 17.0 Å². The predicted molar refractivity (Wildman–Crippen MR) is 73.5 cm³/mol. The summed E-state index contributed by atoms with van der Waals surface area (Å²) in [5.41, 5.74) is 1.41. The number of rotatable bonds is 3. The van der Waals surface area contributed by atoms with E-state index in [2.05, 4.69) is 19.9 Å². The number of anilines is 1. The van der Waals surface area contributed by atoms with Gasteiger partial charge in [0.25, 0.3) is 6.08 Å². The fraction of sp³-hybridized carbons (Fsp3) is 0.154. The molecule has 0 aliphatic rings. The molecule has 108 valence electrons. The second kappa shape index (κ2) is 4.89. The summed E-state index contributed by atoms with van der Waals surface area (Å²) in [6.45, 7) is 0.403. The number of fused-ring (bicyclic) bond motifs is 1. The van der Waals surface area contributed by atoms with E-state index in [1.807, 2.05) is 0 Å². The molecule has 0 radical (unpaired) electrons. The lowest BCUT2D eigenvalue weighted by molar-refractivity contribution is 0.403. The number of halogens is 1. The number of aromatic nitrogens is 4. The van der Waals surface area contributed by atoms with Crippen LogP contribution < -0.4 is 4.90 Å². The van der Waals surface area contributed by atoms with E-state index in [0.717, 1.165) is 5.56 Å². The first-order valence-corrected chi connectivity index (χ1v) is 6.13. The van der Waals surface area contributed by atoms with E-state index in [0.29, 0.717) is 17.9 Å². The number of hydrogen-bond acceptors (Lipinski definition) is 6. The number of aromatic hydroxyl groups is 2. The highest BCUT2D eigenvalue weighted by atomic mass is 19.1. The molecular formula is C13H12FN5O2. The summed E-state index contributed by atoms with van der Waals surface area (Å²) >= 11 is 0. The van der Waals surface area contributed by atoms with Crippen molar-refractivity contribution in [2.75, 3.05) is 11.9 Å². The van der Waals surface area contributed by atoms with Crippen LogP contribution in [0.1, 0.15) is 5.56 Å². The molecule has 3 N–H and O–H groups in total. The van der Waals surface area contributed by atoms with Crippen molar-refractivity contribution in [3.05, 3.63) is 36.2 Å². The standard InChI is InChI=1S/C13H12FN5O2/c1-19(5-7-2-3-8(20)9(21)4-7)12-10-11(15-6-16-12)18-13(14)17-10/h2-4,6,20-21H,5H2,1H3,(H,15,16,17,18). The lowest BCUT2D eigenvalue weighted by Crippen LogP contribution is -2.18. The number of nitrogens with one attached hydrogen (secondary N) is 1. The van der Waals surface area contributed by atoms with E-state index in [9.17, 15) is 14.6 Å². The van der Waals surface area contributed by atoms with Crippen LogP contribution in [0.4, 0.5) is 10.2 Å². The van der Waals surface area contributed by atoms with Gasteiger partial charge in [-0.05, 0) is 17.7 Å². The Bertz CT molecular complexity index is 804. The second-order valence-electron chi connectivity index (χ2n) is 4.60. The van der Waals surface area contributed by atoms with Crippen LogP contribution in [-0.2, 0) is 6.54 Å². The fourth-order valence-corrected chi connectivity index (χ4v) is 2.09. The molecule has 3 rings (SSSR count). The molecule has 0 aliphatic carbocycles. The molecule has 0 saturated carbocycles. The summed E-state index contributed by atoms with van der Waals surface area (Å²) in [5, 5.41) is 18.8. The fourth-order valence-electron chi connectivity index (χ4n) is 2.09. The maximum Gasteiger partial charge on any atom is 0.289 e. The molecule has 0 atom stereocenters. The molecule has 0 amide bonds. The predicted octanol–water partition coefficient (Wildman–Crippen LogP) is 1.54. The van der Waals surface area contributed by atoms with Crippen LogP contribution in [0.15, 0.2) is 24.5 Å². The van der Waals surface area contributed by atoms with Gasteiger partial charge in [0.15, 0.2) is 23.0 Å². The Kier molecular flexibility index (Phi) is 3.05. The largest absolute Gasteiger partial charge is 0.504 e. The minimum atomic E-state index is -0.720. The van der Waals surface area contributed by atoms with Crippen LogP contribution in [0.3, 0.4) is 0 Å². The third kappa shape index (κ3) is 2.42. The van der Waals surface area contributed by atoms with Crippen molar-refractivity contribution in [3.8, 4) is 11.5 Å². The second-order valence-corrected chi connectivity index (χ2v) is 4.60. The average molecular weight is 289 g/mol. The Balaban J connectivity index is 1.93. The molecule has 7 nitrogen and oxygen atoms in total. The SMILES string of the molecule is CN(Cc1ccc(O)c(O)c1)c1ncnc2nc(F)[nH]c12. The van der Waals surface area contributed by atoms with Crippen molar-refractivity contribution < 1.29 is 14.6 Å². The van der Waals surface area contributed by atoms with E-state index >= 15 is 0 Å². The van der Waals surface area contributed by atoms with Gasteiger partial charge in [-0.25, -0.2) is 9.97 Å². The zero-order chi connectivity index (χ0) is 15.0. The number of imidazole rings is 1. The van der Waals surface area contributed by atoms with Gasteiger partial charge in [0.05, 0.1) is 0 Å². The van der Waals surface area contributed by atoms with Gasteiger partial charge in [-0.3, -0.25) is 0 Å². The minimum Gasteiger partial charge on any atom is -0.504 e. The van der Waals surface area contributed by atoms with E-state index in [1.165, 1.54) is 18.5 Å². The van der Waals surface area contributed by atoms with Crippen LogP contribution in [0.25, 0.3) is 11.2 Å². The number of aromatic amines is 1. The maximum absolute atomic E-state index is 13.2. The number of phenols is 2. The van der Waals surface area contributed by atoms with Gasteiger partial charge < -0.3 is 20.1 Å². The third-order valence-corrected chi connectivity index (χ3v) is 3.06. The Morgan fingerprint density at radius 3 is 2.81 bits per heavy atom. The lowest BCUT2D eigenvalue weighted by Gasteiger charge is -2.18. The smallest absolute Gasteiger partial charge is 0.289 e. The molecule has 0 unspecified atom stereocenters. The zero-order valence-corrected chi connectivity index (χ0v) is 11.1. The maximum atomic E-state index is 13.2. The first kappa shape index (κ1) is 13.1. The highest BCUT2D eigenvalue weighted by Gasteiger charge is 2.13. The Morgan fingerprint density at radius 1 is 1.24 bits per heavy atom. The third-order valence-electron chi connectivity index (χ3n) is 3.06. The molecule has 2 heterocycles. The van der Waals surface area contributed by atoms with E-state index in [-0.39, 0.29) is 17.1 Å². The highest BCUT2D eigenvalue weighted by molar-refractivity contribution is 5.82. The van der Waals surface area contributed by atoms with Crippen molar-refractivity contribution in [1.29, 1.82) is 0 Å². The molecule has 0 bridgehead atoms. The van der Waals surface area contributed by atoms with Gasteiger partial charge in [-0.15, -0.1) is 0 Å². The van der Waals surface area contributed by atoms with E-state index in [1.54, 1.807) is 18.0 Å². The van der Waals surface area contributed by atoms with Gasteiger partial charge >= 0.3 is 0 Å².